The van der Waals surface area contributed by atoms with E-state index < -0.39 is 24.4 Å². The molecule has 0 aromatic carbocycles. The van der Waals surface area contributed by atoms with Gasteiger partial charge in [0.1, 0.15) is 0 Å². The summed E-state index contributed by atoms with van der Waals surface area (Å²) in [6.45, 7) is 46.3. The van der Waals surface area contributed by atoms with E-state index in [0.717, 1.165) is 156 Å². The fourth-order valence-corrected chi connectivity index (χ4v) is 9.20. The molecule has 31 heteroatoms. The number of nitrogens with one attached hydrogen (secondary N) is 8. The van der Waals surface area contributed by atoms with Crippen LogP contribution in [0, 0.1) is 5.92 Å². The van der Waals surface area contributed by atoms with Gasteiger partial charge in [-0.15, -0.1) is 0 Å². The summed E-state index contributed by atoms with van der Waals surface area (Å²) in [5.41, 5.74) is 79.8. The SMILES string of the molecule is C=CN(CC(O)CN)CN(C=C)CC(O)CN.C=CN(CNC)CC(O)CN.C=CNC1CCNCC1.C=CNCC(O)CN.CCCCCN.NCCC1CCNCC1.NCCCCCCCCNCCCN.NCCCCCNCCN.NCCCCNCCCN.NCCN(CCN)CCN. The lowest BCUT2D eigenvalue weighted by molar-refractivity contribution is 0.0919. The van der Waals surface area contributed by atoms with Gasteiger partial charge in [0.25, 0.3) is 0 Å². The number of rotatable bonds is 58. The van der Waals surface area contributed by atoms with Gasteiger partial charge < -0.3 is 164 Å². The van der Waals surface area contributed by atoms with E-state index in [-0.39, 0.29) is 19.6 Å². The number of aliphatic hydroxyl groups is 4. The smallest absolute Gasteiger partial charge is 0.0894 e. The number of aliphatic hydroxyl groups excluding tert-OH is 4. The van der Waals surface area contributed by atoms with Gasteiger partial charge in [-0.25, -0.2) is 0 Å². The second-order valence-corrected chi connectivity index (χ2v) is 25.1. The second kappa shape index (κ2) is 108. The molecule has 0 aliphatic carbocycles. The molecule has 2 fully saturated rings. The quantitative estimate of drug-likeness (QED) is 0.0215. The third-order valence-corrected chi connectivity index (χ3v) is 15.4. The van der Waals surface area contributed by atoms with Crippen molar-refractivity contribution in [1.29, 1.82) is 0 Å². The van der Waals surface area contributed by atoms with Crippen molar-refractivity contribution in [1.82, 2.24) is 62.1 Å². The number of nitrogens with two attached hydrogens (primary N) is 15. The fourth-order valence-electron chi connectivity index (χ4n) is 9.20. The Kier molecular flexibility index (Phi) is 121. The molecule has 104 heavy (non-hydrogen) atoms. The predicted molar refractivity (Wildman–Crippen MR) is 452 cm³/mol. The van der Waals surface area contributed by atoms with E-state index in [1.54, 1.807) is 34.6 Å². The van der Waals surface area contributed by atoms with Crippen LogP contribution >= 0.6 is 0 Å². The lowest BCUT2D eigenvalue weighted by atomic mass is 9.95. The van der Waals surface area contributed by atoms with Gasteiger partial charge in [0, 0.05) is 111 Å². The summed E-state index contributed by atoms with van der Waals surface area (Å²) in [5, 5.41) is 62.2. The Balaban J connectivity index is -0.000000166. The van der Waals surface area contributed by atoms with Gasteiger partial charge in [-0.05, 0) is 239 Å². The van der Waals surface area contributed by atoms with Crippen LogP contribution in [0.2, 0.25) is 0 Å². The van der Waals surface area contributed by atoms with Gasteiger partial charge in [0.05, 0.1) is 37.8 Å². The summed E-state index contributed by atoms with van der Waals surface area (Å²) in [5.74, 6) is 0.913. The average Bonchev–Trinajstić information content (AvgIpc) is 1.04. The molecule has 31 nitrogen and oxygen atoms in total. The maximum Gasteiger partial charge on any atom is 0.0894 e. The van der Waals surface area contributed by atoms with Crippen LogP contribution in [0.3, 0.4) is 0 Å². The highest BCUT2D eigenvalue weighted by molar-refractivity contribution is 4.81. The third kappa shape index (κ3) is 110. The molecule has 0 radical (unpaired) electrons. The highest BCUT2D eigenvalue weighted by Gasteiger charge is 2.13. The molecule has 4 atom stereocenters. The summed E-state index contributed by atoms with van der Waals surface area (Å²) in [6, 6.07) is 0.670. The molecule has 0 aromatic rings. The van der Waals surface area contributed by atoms with Gasteiger partial charge in [0.15, 0.2) is 0 Å². The van der Waals surface area contributed by atoms with Gasteiger partial charge in [-0.1, -0.05) is 84.8 Å². The Hall–Kier alpha value is -3.34. The van der Waals surface area contributed by atoms with Crippen LogP contribution in [-0.4, -0.2) is 300 Å². The van der Waals surface area contributed by atoms with Crippen LogP contribution in [0.1, 0.15) is 142 Å². The first kappa shape index (κ1) is 116. The van der Waals surface area contributed by atoms with Crippen LogP contribution in [0.25, 0.3) is 0 Å². The van der Waals surface area contributed by atoms with E-state index in [0.29, 0.717) is 71.7 Å². The topological polar surface area (TPSA) is 580 Å². The molecule has 42 N–H and O–H groups in total. The molecule has 0 amide bonds. The summed E-state index contributed by atoms with van der Waals surface area (Å²) in [4.78, 5) is 7.61. The summed E-state index contributed by atoms with van der Waals surface area (Å²) in [6.07, 6.45) is 32.1. The molecule has 2 rings (SSSR count). The van der Waals surface area contributed by atoms with Crippen LogP contribution in [0.5, 0.6) is 0 Å². The van der Waals surface area contributed by atoms with E-state index in [1.165, 1.54) is 128 Å². The van der Waals surface area contributed by atoms with E-state index in [2.05, 4.69) is 87.3 Å². The van der Waals surface area contributed by atoms with E-state index in [4.69, 9.17) is 96.2 Å². The standard InChI is InChI=1S/C11H24N4O2.C11H27N3.C7H17N3O.2C7H19N3.C7H16N2.C7H14N2.C6H18N4.C5H12N2O.C5H13N/c1-3-14(7-10(16)5-12)9-15(4-2)8-11(17)6-13;12-8-5-3-1-2-4-6-10-14-11-7-9-13;1-3-10(6-9-2)5-7(11)4-8;8-4-1-2-6-10-7-3-5-9;8-4-2-1-3-6-10-7-5-9;8-4-1-7-2-5-9-6-3-7;1-2-9-7-3-5-8-6-4-7;7-1-4-10(5-2-8)6-3-9;1-2-7-4-5(8)3-6;1-2-3-4-5-6/h3-4,10-11,16-17H,1-2,5-9,12-13H2;14H,1-13H2;3,7,9,11H,1,4-6,8H2,2H3;2*10H,1-9H2;7,9H,1-6,8H2;2,7-9H,1,3-6H2;1-9H2;2,5,7-8H,1,3-4,6H2;2-6H2,1H3. The Morgan fingerprint density at radius 1 is 0.404 bits per heavy atom. The number of hydrogen-bond acceptors (Lipinski definition) is 31. The van der Waals surface area contributed by atoms with Crippen molar-refractivity contribution < 1.29 is 20.4 Å². The minimum Gasteiger partial charge on any atom is -0.390 e. The van der Waals surface area contributed by atoms with E-state index >= 15 is 0 Å². The van der Waals surface area contributed by atoms with Crippen LogP contribution in [-0.2, 0) is 0 Å². The summed E-state index contributed by atoms with van der Waals surface area (Å²) in [7, 11) is 1.84. The van der Waals surface area contributed by atoms with Crippen molar-refractivity contribution >= 4 is 0 Å². The van der Waals surface area contributed by atoms with E-state index in [9.17, 15) is 10.2 Å². The zero-order valence-electron chi connectivity index (χ0n) is 67.0. The monoisotopic (exact) mass is 1500 g/mol. The summed E-state index contributed by atoms with van der Waals surface area (Å²) >= 11 is 0. The molecule has 630 valence electrons. The molecule has 0 spiro atoms. The zero-order valence-corrected chi connectivity index (χ0v) is 67.0. The van der Waals surface area contributed by atoms with Gasteiger partial charge in [-0.3, -0.25) is 4.90 Å². The zero-order chi connectivity index (χ0) is 79.9. The molecular formula is C73H179N27O4. The van der Waals surface area contributed by atoms with Gasteiger partial charge in [-0.2, -0.15) is 0 Å². The van der Waals surface area contributed by atoms with Gasteiger partial charge >= 0.3 is 0 Å². The Labute approximate surface area is 637 Å². The molecule has 0 saturated carbocycles. The molecule has 2 heterocycles. The maximum absolute atomic E-state index is 9.44. The maximum atomic E-state index is 9.44. The fraction of sp³-hybridized carbons (Fsp3) is 0.863. The number of nitrogens with zero attached hydrogens (tertiary/aromatic N) is 4. The Morgan fingerprint density at radius 3 is 1.11 bits per heavy atom. The largest absolute Gasteiger partial charge is 0.390 e. The van der Waals surface area contributed by atoms with Crippen molar-refractivity contribution in [2.75, 3.05) is 230 Å². The molecule has 2 aliphatic rings. The van der Waals surface area contributed by atoms with Gasteiger partial charge in [0.2, 0.25) is 0 Å². The molecule has 4 unspecified atom stereocenters. The van der Waals surface area contributed by atoms with E-state index in [1.807, 2.05) is 11.9 Å². The highest BCUT2D eigenvalue weighted by Crippen LogP contribution is 2.14. The van der Waals surface area contributed by atoms with Crippen molar-refractivity contribution in [3.63, 3.8) is 0 Å². The lowest BCUT2D eigenvalue weighted by Gasteiger charge is -2.30. The first-order valence-electron chi connectivity index (χ1n) is 39.4. The normalized spacial score (nSPS) is 13.3. The Morgan fingerprint density at radius 2 is 0.760 bits per heavy atom. The van der Waals surface area contributed by atoms with Crippen LogP contribution in [0.4, 0.5) is 0 Å². The first-order chi connectivity index (χ1) is 50.5. The number of hydrogen-bond donors (Lipinski definition) is 27. The first-order valence-corrected chi connectivity index (χ1v) is 39.4. The third-order valence-electron chi connectivity index (χ3n) is 15.4. The van der Waals surface area contributed by atoms with Crippen molar-refractivity contribution in [3.05, 3.63) is 63.9 Å². The Bertz CT molecular complexity index is 1460. The van der Waals surface area contributed by atoms with Crippen LogP contribution in [0.15, 0.2) is 63.9 Å². The number of piperidine rings is 2. The minimum absolute atomic E-state index is 0.198. The van der Waals surface area contributed by atoms with Crippen molar-refractivity contribution in [3.8, 4) is 0 Å². The van der Waals surface area contributed by atoms with Crippen molar-refractivity contribution in [2.24, 2.45) is 91.9 Å². The molecule has 2 saturated heterocycles. The molecular weight excluding hydrogens is 1320 g/mol. The highest BCUT2D eigenvalue weighted by atomic mass is 16.3. The number of unbranched alkanes of at least 4 members (excludes halogenated alkanes) is 10. The summed E-state index contributed by atoms with van der Waals surface area (Å²) < 4.78 is 0. The lowest BCUT2D eigenvalue weighted by Crippen LogP contribution is -2.42. The molecule has 2 aliphatic heterocycles. The molecule has 0 bridgehead atoms. The van der Waals surface area contributed by atoms with Crippen LogP contribution < -0.4 is 129 Å². The second-order valence-electron chi connectivity index (χ2n) is 25.1. The predicted octanol–water partition coefficient (Wildman–Crippen LogP) is -2.90. The van der Waals surface area contributed by atoms with Crippen molar-refractivity contribution in [2.45, 2.75) is 172 Å². The average molecular weight is 1500 g/mol. The molecule has 0 aromatic heterocycles. The minimum atomic E-state index is -0.598.